The summed E-state index contributed by atoms with van der Waals surface area (Å²) in [7, 11) is 0. The molecule has 2 aliphatic rings. The van der Waals surface area contributed by atoms with E-state index in [0.717, 1.165) is 24.8 Å². The van der Waals surface area contributed by atoms with Crippen molar-refractivity contribution in [2.24, 2.45) is 16.3 Å². The molecule has 2 aromatic rings. The van der Waals surface area contributed by atoms with Crippen LogP contribution in [0, 0.1) is 22.7 Å². The van der Waals surface area contributed by atoms with Crippen LogP contribution in [0.4, 0.5) is 0 Å². The van der Waals surface area contributed by atoms with E-state index in [1.165, 1.54) is 30.4 Å². The Labute approximate surface area is 150 Å². The first kappa shape index (κ1) is 16.1. The summed E-state index contributed by atoms with van der Waals surface area (Å²) in [4.78, 5) is 4.95. The zero-order chi connectivity index (χ0) is 17.1. The number of benzene rings is 2. The SMILES string of the molecule is N#C[C@@H]1[C@H](N=Cc2ccccc2)c2ccccc2CC12CCCCC2. The molecule has 2 atom stereocenters. The van der Waals surface area contributed by atoms with Crippen LogP contribution in [-0.2, 0) is 6.42 Å². The van der Waals surface area contributed by atoms with Crippen LogP contribution in [-0.4, -0.2) is 6.21 Å². The van der Waals surface area contributed by atoms with Crippen LogP contribution in [0.15, 0.2) is 59.6 Å². The molecule has 2 nitrogen and oxygen atoms in total. The van der Waals surface area contributed by atoms with E-state index in [1.54, 1.807) is 0 Å². The number of nitrogens with zero attached hydrogens (tertiary/aromatic N) is 2. The molecule has 4 rings (SSSR count). The van der Waals surface area contributed by atoms with Crippen LogP contribution < -0.4 is 0 Å². The third-order valence-corrected chi connectivity index (χ3v) is 6.06. The van der Waals surface area contributed by atoms with Gasteiger partial charge in [-0.15, -0.1) is 0 Å². The van der Waals surface area contributed by atoms with Gasteiger partial charge in [-0.25, -0.2) is 0 Å². The Morgan fingerprint density at radius 3 is 2.44 bits per heavy atom. The highest BCUT2D eigenvalue weighted by Crippen LogP contribution is 2.54. The molecule has 25 heavy (non-hydrogen) atoms. The Morgan fingerprint density at radius 2 is 1.68 bits per heavy atom. The van der Waals surface area contributed by atoms with Crippen molar-refractivity contribution >= 4 is 6.21 Å². The predicted octanol–water partition coefficient (Wildman–Crippen LogP) is 5.49. The van der Waals surface area contributed by atoms with Gasteiger partial charge in [0.2, 0.25) is 0 Å². The number of aliphatic imine (C=N–C) groups is 1. The molecule has 1 spiro atoms. The lowest BCUT2D eigenvalue weighted by Gasteiger charge is -2.47. The fourth-order valence-corrected chi connectivity index (χ4v) is 4.81. The minimum atomic E-state index is -0.0479. The fourth-order valence-electron chi connectivity index (χ4n) is 4.81. The van der Waals surface area contributed by atoms with Crippen LogP contribution in [0.25, 0.3) is 0 Å². The van der Waals surface area contributed by atoms with Gasteiger partial charge in [-0.3, -0.25) is 4.99 Å². The van der Waals surface area contributed by atoms with E-state index in [4.69, 9.17) is 4.99 Å². The maximum absolute atomic E-state index is 10.1. The Balaban J connectivity index is 1.76. The normalized spacial score (nSPS) is 24.8. The van der Waals surface area contributed by atoms with Crippen LogP contribution in [0.5, 0.6) is 0 Å². The summed E-state index contributed by atoms with van der Waals surface area (Å²) in [5, 5.41) is 10.1. The molecule has 1 saturated carbocycles. The van der Waals surface area contributed by atoms with Gasteiger partial charge < -0.3 is 0 Å². The molecule has 2 aromatic carbocycles. The number of rotatable bonds is 2. The minimum absolute atomic E-state index is 0.0253. The second kappa shape index (κ2) is 6.84. The molecule has 0 bridgehead atoms. The Bertz CT molecular complexity index is 794. The molecule has 0 saturated heterocycles. The van der Waals surface area contributed by atoms with E-state index in [0.29, 0.717) is 0 Å². The smallest absolute Gasteiger partial charge is 0.0915 e. The lowest BCUT2D eigenvalue weighted by Crippen LogP contribution is -2.41. The average molecular weight is 328 g/mol. The van der Waals surface area contributed by atoms with Gasteiger partial charge in [0.1, 0.15) is 0 Å². The predicted molar refractivity (Wildman–Crippen MR) is 102 cm³/mol. The van der Waals surface area contributed by atoms with Gasteiger partial charge in [0.25, 0.3) is 0 Å². The van der Waals surface area contributed by atoms with E-state index < -0.39 is 0 Å². The number of nitriles is 1. The van der Waals surface area contributed by atoms with E-state index in [9.17, 15) is 5.26 Å². The van der Waals surface area contributed by atoms with Crippen LogP contribution in [0.1, 0.15) is 54.8 Å². The molecule has 0 amide bonds. The third kappa shape index (κ3) is 3.00. The second-order valence-electron chi connectivity index (χ2n) is 7.54. The zero-order valence-electron chi connectivity index (χ0n) is 14.6. The molecule has 2 heteroatoms. The lowest BCUT2D eigenvalue weighted by atomic mass is 9.57. The summed E-state index contributed by atoms with van der Waals surface area (Å²) in [6.45, 7) is 0. The molecule has 2 aliphatic carbocycles. The molecule has 0 heterocycles. The zero-order valence-corrected chi connectivity index (χ0v) is 14.6. The molecular formula is C23H24N2. The van der Waals surface area contributed by atoms with Crippen molar-refractivity contribution in [1.82, 2.24) is 0 Å². The monoisotopic (exact) mass is 328 g/mol. The lowest BCUT2D eigenvalue weighted by molar-refractivity contribution is 0.0997. The second-order valence-corrected chi connectivity index (χ2v) is 7.54. The van der Waals surface area contributed by atoms with E-state index in [2.05, 4.69) is 42.5 Å². The highest BCUT2D eigenvalue weighted by molar-refractivity contribution is 5.79. The summed E-state index contributed by atoms with van der Waals surface area (Å²) < 4.78 is 0. The molecule has 0 N–H and O–H groups in total. The van der Waals surface area contributed by atoms with Crippen molar-refractivity contribution in [1.29, 1.82) is 5.26 Å². The first-order chi connectivity index (χ1) is 12.3. The van der Waals surface area contributed by atoms with Crippen molar-refractivity contribution in [2.75, 3.05) is 0 Å². The van der Waals surface area contributed by atoms with Crippen molar-refractivity contribution in [2.45, 2.75) is 44.6 Å². The topological polar surface area (TPSA) is 36.1 Å². The summed E-state index contributed by atoms with van der Waals surface area (Å²) >= 11 is 0. The van der Waals surface area contributed by atoms with E-state index in [-0.39, 0.29) is 17.4 Å². The Morgan fingerprint density at radius 1 is 0.960 bits per heavy atom. The maximum atomic E-state index is 10.1. The average Bonchev–Trinajstić information content (AvgIpc) is 2.67. The van der Waals surface area contributed by atoms with E-state index >= 15 is 0 Å². The quantitative estimate of drug-likeness (QED) is 0.671. The van der Waals surface area contributed by atoms with Gasteiger partial charge in [-0.1, -0.05) is 73.9 Å². The highest BCUT2D eigenvalue weighted by atomic mass is 14.8. The van der Waals surface area contributed by atoms with Crippen LogP contribution >= 0.6 is 0 Å². The van der Waals surface area contributed by atoms with Gasteiger partial charge in [0.05, 0.1) is 18.0 Å². The van der Waals surface area contributed by atoms with Crippen molar-refractivity contribution < 1.29 is 0 Å². The van der Waals surface area contributed by atoms with Crippen LogP contribution in [0.2, 0.25) is 0 Å². The summed E-state index contributed by atoms with van der Waals surface area (Å²) in [6.07, 6.45) is 9.12. The van der Waals surface area contributed by atoms with Crippen LogP contribution in [0.3, 0.4) is 0 Å². The van der Waals surface area contributed by atoms with Gasteiger partial charge in [0.15, 0.2) is 0 Å². The van der Waals surface area contributed by atoms with Crippen molar-refractivity contribution in [3.63, 3.8) is 0 Å². The fraction of sp³-hybridized carbons (Fsp3) is 0.391. The number of fused-ring (bicyclic) bond motifs is 1. The Kier molecular flexibility index (Phi) is 4.40. The van der Waals surface area contributed by atoms with Gasteiger partial charge in [-0.2, -0.15) is 5.26 Å². The summed E-state index contributed by atoms with van der Waals surface area (Å²) in [5.74, 6) is -0.0253. The number of hydrogen-bond donors (Lipinski definition) is 0. The molecule has 0 aromatic heterocycles. The highest BCUT2D eigenvalue weighted by Gasteiger charge is 2.48. The molecule has 126 valence electrons. The summed E-state index contributed by atoms with van der Waals surface area (Å²) in [5.41, 5.74) is 3.85. The van der Waals surface area contributed by atoms with Gasteiger partial charge in [-0.05, 0) is 41.4 Å². The van der Waals surface area contributed by atoms with Gasteiger partial charge in [0, 0.05) is 6.21 Å². The molecule has 1 fully saturated rings. The van der Waals surface area contributed by atoms with E-state index in [1.807, 2.05) is 24.4 Å². The molecule has 0 unspecified atom stereocenters. The summed E-state index contributed by atoms with van der Waals surface area (Å²) in [6, 6.07) is 21.4. The Hall–Kier alpha value is -2.40. The van der Waals surface area contributed by atoms with Crippen molar-refractivity contribution in [3.8, 4) is 6.07 Å². The first-order valence-corrected chi connectivity index (χ1v) is 9.38. The van der Waals surface area contributed by atoms with Gasteiger partial charge >= 0.3 is 0 Å². The molecule has 0 radical (unpaired) electrons. The first-order valence-electron chi connectivity index (χ1n) is 9.38. The third-order valence-electron chi connectivity index (χ3n) is 6.06. The largest absolute Gasteiger partial charge is 0.283 e. The number of hydrogen-bond acceptors (Lipinski definition) is 2. The minimum Gasteiger partial charge on any atom is -0.283 e. The molecular weight excluding hydrogens is 304 g/mol. The molecule has 0 aliphatic heterocycles. The standard InChI is InChI=1S/C23H24N2/c24-16-21-22(25-17-18-9-3-1-4-10-18)20-12-6-5-11-19(20)15-23(21)13-7-2-8-14-23/h1,3-6,9-12,17,21-22H,2,7-8,13-15H2/t21-,22-/m1/s1. The van der Waals surface area contributed by atoms with Crippen molar-refractivity contribution in [3.05, 3.63) is 71.3 Å². The maximum Gasteiger partial charge on any atom is 0.0915 e.